The number of nitrogens with one attached hydrogen (secondary N) is 1. The number of carbonyl (C=O) groups excluding carboxylic acids is 3. The number of para-hydroxylation sites is 1. The van der Waals surface area contributed by atoms with Gasteiger partial charge in [0.2, 0.25) is 11.8 Å². The Morgan fingerprint density at radius 1 is 1.23 bits per heavy atom. The zero-order valence-corrected chi connectivity index (χ0v) is 18.0. The van der Waals surface area contributed by atoms with Gasteiger partial charge in [-0.25, -0.2) is 9.79 Å². The van der Waals surface area contributed by atoms with Gasteiger partial charge < -0.3 is 10.1 Å². The number of amides is 2. The fraction of sp³-hybridized carbons (Fsp3) is 0.238. The van der Waals surface area contributed by atoms with E-state index in [2.05, 4.69) is 10.3 Å². The Labute approximate surface area is 183 Å². The lowest BCUT2D eigenvalue weighted by atomic mass is 10.2. The van der Waals surface area contributed by atoms with E-state index in [9.17, 15) is 14.4 Å². The van der Waals surface area contributed by atoms with Crippen molar-refractivity contribution in [2.75, 3.05) is 19.0 Å². The van der Waals surface area contributed by atoms with Crippen molar-refractivity contribution >= 4 is 57.7 Å². The second-order valence-electron chi connectivity index (χ2n) is 6.39. The molecule has 1 aliphatic heterocycles. The minimum absolute atomic E-state index is 0.0538. The fourth-order valence-electron chi connectivity index (χ4n) is 2.67. The van der Waals surface area contributed by atoms with E-state index >= 15 is 0 Å². The molecule has 0 spiro atoms. The molecule has 1 heterocycles. The number of amidine groups is 1. The Morgan fingerprint density at radius 3 is 2.60 bits per heavy atom. The lowest BCUT2D eigenvalue weighted by Gasteiger charge is -2.28. The second kappa shape index (κ2) is 9.77. The van der Waals surface area contributed by atoms with Crippen LogP contribution in [0.5, 0.6) is 0 Å². The molecule has 156 valence electrons. The van der Waals surface area contributed by atoms with E-state index < -0.39 is 11.2 Å². The lowest BCUT2D eigenvalue weighted by molar-refractivity contribution is -0.128. The van der Waals surface area contributed by atoms with Crippen LogP contribution in [0, 0.1) is 0 Å². The van der Waals surface area contributed by atoms with Crippen molar-refractivity contribution in [3.8, 4) is 0 Å². The standard InChI is InChI=1S/C21H20ClN3O4S/c1-3-29-20(28)13-8-10-14(11-9-13)23-21-25(2)18(26)12-17(30-21)19(27)24-16-7-5-4-6-15(16)22/h4-11,17H,3,12H2,1-2H3,(H,24,27). The highest BCUT2D eigenvalue weighted by Gasteiger charge is 2.34. The van der Waals surface area contributed by atoms with Gasteiger partial charge in [-0.1, -0.05) is 35.5 Å². The van der Waals surface area contributed by atoms with Crippen molar-refractivity contribution in [3.63, 3.8) is 0 Å². The predicted octanol–water partition coefficient (Wildman–Crippen LogP) is 4.11. The first-order valence-corrected chi connectivity index (χ1v) is 10.5. The number of nitrogens with zero attached hydrogens (tertiary/aromatic N) is 2. The van der Waals surface area contributed by atoms with Crippen LogP contribution in [0.1, 0.15) is 23.7 Å². The van der Waals surface area contributed by atoms with E-state index in [-0.39, 0.29) is 18.2 Å². The molecule has 0 aromatic heterocycles. The first kappa shape index (κ1) is 21.9. The van der Waals surface area contributed by atoms with E-state index in [1.807, 2.05) is 0 Å². The molecule has 1 fully saturated rings. The number of halogens is 1. The van der Waals surface area contributed by atoms with Crippen LogP contribution in [0.3, 0.4) is 0 Å². The van der Waals surface area contributed by atoms with Crippen molar-refractivity contribution in [2.24, 2.45) is 4.99 Å². The topological polar surface area (TPSA) is 88.1 Å². The van der Waals surface area contributed by atoms with E-state index in [0.717, 1.165) is 0 Å². The normalized spacial score (nSPS) is 17.7. The van der Waals surface area contributed by atoms with Crippen molar-refractivity contribution < 1.29 is 19.1 Å². The summed E-state index contributed by atoms with van der Waals surface area (Å²) < 4.78 is 4.96. The van der Waals surface area contributed by atoms with Crippen molar-refractivity contribution in [2.45, 2.75) is 18.6 Å². The molecule has 0 bridgehead atoms. The van der Waals surface area contributed by atoms with E-state index in [1.54, 1.807) is 62.5 Å². The van der Waals surface area contributed by atoms with Gasteiger partial charge >= 0.3 is 5.97 Å². The molecule has 0 aliphatic carbocycles. The molecule has 1 N–H and O–H groups in total. The number of anilines is 1. The summed E-state index contributed by atoms with van der Waals surface area (Å²) in [5, 5.41) is 2.95. The molecule has 7 nitrogen and oxygen atoms in total. The summed E-state index contributed by atoms with van der Waals surface area (Å²) in [7, 11) is 1.61. The highest BCUT2D eigenvalue weighted by Crippen LogP contribution is 2.30. The Morgan fingerprint density at radius 2 is 1.93 bits per heavy atom. The largest absolute Gasteiger partial charge is 0.462 e. The summed E-state index contributed by atoms with van der Waals surface area (Å²) >= 11 is 7.29. The van der Waals surface area contributed by atoms with Crippen LogP contribution in [0.2, 0.25) is 5.02 Å². The average molecular weight is 446 g/mol. The molecule has 30 heavy (non-hydrogen) atoms. The van der Waals surface area contributed by atoms with E-state index in [0.29, 0.717) is 33.7 Å². The maximum Gasteiger partial charge on any atom is 0.338 e. The monoisotopic (exact) mass is 445 g/mol. The number of rotatable bonds is 5. The molecule has 0 saturated carbocycles. The quantitative estimate of drug-likeness (QED) is 0.700. The summed E-state index contributed by atoms with van der Waals surface area (Å²) in [6.45, 7) is 2.04. The third-order valence-corrected chi connectivity index (χ3v) is 5.87. The van der Waals surface area contributed by atoms with Gasteiger partial charge in [0.25, 0.3) is 0 Å². The smallest absolute Gasteiger partial charge is 0.338 e. The van der Waals surface area contributed by atoms with Crippen molar-refractivity contribution in [1.82, 2.24) is 4.90 Å². The molecule has 9 heteroatoms. The molecule has 2 aromatic rings. The summed E-state index contributed by atoms with van der Waals surface area (Å²) in [5.74, 6) is -0.942. The minimum atomic E-state index is -0.637. The number of benzene rings is 2. The number of esters is 1. The van der Waals surface area contributed by atoms with Gasteiger partial charge in [0.15, 0.2) is 5.17 Å². The average Bonchev–Trinajstić information content (AvgIpc) is 2.73. The van der Waals surface area contributed by atoms with Crippen LogP contribution in [-0.2, 0) is 14.3 Å². The highest BCUT2D eigenvalue weighted by molar-refractivity contribution is 8.15. The number of carbonyl (C=O) groups is 3. The minimum Gasteiger partial charge on any atom is -0.462 e. The van der Waals surface area contributed by atoms with Gasteiger partial charge in [0, 0.05) is 13.5 Å². The van der Waals surface area contributed by atoms with Gasteiger partial charge in [-0.2, -0.15) is 0 Å². The third kappa shape index (κ3) is 5.20. The van der Waals surface area contributed by atoms with Crippen molar-refractivity contribution in [1.29, 1.82) is 0 Å². The third-order valence-electron chi connectivity index (χ3n) is 4.30. The molecule has 3 rings (SSSR count). The summed E-state index contributed by atoms with van der Waals surface area (Å²) in [5.41, 5.74) is 1.46. The molecule has 1 unspecified atom stereocenters. The number of hydrogen-bond donors (Lipinski definition) is 1. The fourth-order valence-corrected chi connectivity index (χ4v) is 3.92. The molecule has 2 amide bonds. The molecule has 2 aromatic carbocycles. The number of aliphatic imine (C=N–C) groups is 1. The van der Waals surface area contributed by atoms with Gasteiger partial charge in [-0.15, -0.1) is 0 Å². The van der Waals surface area contributed by atoms with Gasteiger partial charge in [0.1, 0.15) is 5.25 Å². The second-order valence-corrected chi connectivity index (χ2v) is 7.97. The lowest BCUT2D eigenvalue weighted by Crippen LogP contribution is -2.43. The van der Waals surface area contributed by atoms with Crippen LogP contribution in [-0.4, -0.2) is 46.8 Å². The number of thioether (sulfide) groups is 1. The van der Waals surface area contributed by atoms with E-state index in [4.69, 9.17) is 16.3 Å². The van der Waals surface area contributed by atoms with Crippen LogP contribution in [0.25, 0.3) is 0 Å². The van der Waals surface area contributed by atoms with Gasteiger partial charge in [-0.3, -0.25) is 14.5 Å². The Hall–Kier alpha value is -2.84. The van der Waals surface area contributed by atoms with Crippen LogP contribution >= 0.6 is 23.4 Å². The first-order chi connectivity index (χ1) is 14.4. The van der Waals surface area contributed by atoms with Crippen LogP contribution in [0.15, 0.2) is 53.5 Å². The Balaban J connectivity index is 1.76. The van der Waals surface area contributed by atoms with Crippen LogP contribution < -0.4 is 5.32 Å². The Bertz CT molecular complexity index is 994. The van der Waals surface area contributed by atoms with Crippen LogP contribution in [0.4, 0.5) is 11.4 Å². The zero-order chi connectivity index (χ0) is 21.7. The molecule has 1 saturated heterocycles. The maximum absolute atomic E-state index is 12.7. The summed E-state index contributed by atoms with van der Waals surface area (Å²) in [6, 6.07) is 13.4. The highest BCUT2D eigenvalue weighted by atomic mass is 35.5. The predicted molar refractivity (Wildman–Crippen MR) is 118 cm³/mol. The summed E-state index contributed by atoms with van der Waals surface area (Å²) in [6.07, 6.45) is 0.0538. The Kier molecular flexibility index (Phi) is 7.12. The van der Waals surface area contributed by atoms with E-state index in [1.165, 1.54) is 16.7 Å². The van der Waals surface area contributed by atoms with Gasteiger partial charge in [0.05, 0.1) is 28.6 Å². The maximum atomic E-state index is 12.7. The molecule has 0 radical (unpaired) electrons. The SMILES string of the molecule is CCOC(=O)c1ccc(N=C2SC(C(=O)Nc3ccccc3Cl)CC(=O)N2C)cc1. The molecular formula is C21H20ClN3O4S. The zero-order valence-electron chi connectivity index (χ0n) is 16.4. The number of hydrogen-bond acceptors (Lipinski definition) is 6. The van der Waals surface area contributed by atoms with Gasteiger partial charge in [-0.05, 0) is 43.3 Å². The number of ether oxygens (including phenoxy) is 1. The van der Waals surface area contributed by atoms with Crippen molar-refractivity contribution in [3.05, 3.63) is 59.1 Å². The summed E-state index contributed by atoms with van der Waals surface area (Å²) in [4.78, 5) is 42.8. The molecule has 1 atom stereocenters. The molecular weight excluding hydrogens is 426 g/mol. The molecule has 1 aliphatic rings. The first-order valence-electron chi connectivity index (χ1n) is 9.23.